The summed E-state index contributed by atoms with van der Waals surface area (Å²) in [4.78, 5) is 2.35. The minimum absolute atomic E-state index is 0.122. The third-order valence-electron chi connectivity index (χ3n) is 3.48. The zero-order chi connectivity index (χ0) is 13.5. The van der Waals surface area contributed by atoms with Gasteiger partial charge in [0, 0.05) is 12.6 Å². The predicted octanol–water partition coefficient (Wildman–Crippen LogP) is 3.43. The maximum atomic E-state index is 6.31. The summed E-state index contributed by atoms with van der Waals surface area (Å²) in [5, 5.41) is 0. The van der Waals surface area contributed by atoms with Crippen molar-refractivity contribution in [2.45, 2.75) is 46.1 Å². The quantitative estimate of drug-likeness (QED) is 0.749. The average molecular weight is 248 g/mol. The Balaban J connectivity index is 2.51. The van der Waals surface area contributed by atoms with E-state index in [9.17, 15) is 0 Å². The molecule has 0 heterocycles. The van der Waals surface area contributed by atoms with Crippen molar-refractivity contribution in [1.29, 1.82) is 0 Å². The lowest BCUT2D eigenvalue weighted by atomic mass is 9.99. The van der Waals surface area contributed by atoms with Crippen LogP contribution in [0, 0.1) is 13.8 Å². The first kappa shape index (κ1) is 15.2. The van der Waals surface area contributed by atoms with E-state index in [1.807, 2.05) is 0 Å². The number of hydrogen-bond acceptors (Lipinski definition) is 2. The van der Waals surface area contributed by atoms with Crippen molar-refractivity contribution in [3.63, 3.8) is 0 Å². The van der Waals surface area contributed by atoms with Gasteiger partial charge in [0.2, 0.25) is 0 Å². The summed E-state index contributed by atoms with van der Waals surface area (Å²) in [6.07, 6.45) is 3.85. The number of hydrogen-bond donors (Lipinski definition) is 1. The number of rotatable bonds is 7. The van der Waals surface area contributed by atoms with Crippen molar-refractivity contribution < 1.29 is 0 Å². The summed E-state index contributed by atoms with van der Waals surface area (Å²) in [7, 11) is 2.17. The molecule has 0 spiro atoms. The lowest BCUT2D eigenvalue weighted by Crippen LogP contribution is -2.30. The van der Waals surface area contributed by atoms with Gasteiger partial charge in [-0.3, -0.25) is 0 Å². The van der Waals surface area contributed by atoms with Crippen LogP contribution in [0.15, 0.2) is 18.2 Å². The second-order valence-corrected chi connectivity index (χ2v) is 5.44. The minimum Gasteiger partial charge on any atom is -0.323 e. The first-order chi connectivity index (χ1) is 8.54. The molecule has 18 heavy (non-hydrogen) atoms. The molecule has 0 saturated carbocycles. The predicted molar refractivity (Wildman–Crippen MR) is 79.9 cm³/mol. The average Bonchev–Trinajstić information content (AvgIpc) is 2.28. The first-order valence-corrected chi connectivity index (χ1v) is 7.06. The summed E-state index contributed by atoms with van der Waals surface area (Å²) in [5.74, 6) is 0. The van der Waals surface area contributed by atoms with Gasteiger partial charge >= 0.3 is 0 Å². The van der Waals surface area contributed by atoms with Crippen LogP contribution in [-0.2, 0) is 0 Å². The Labute approximate surface area is 112 Å². The van der Waals surface area contributed by atoms with E-state index in [0.29, 0.717) is 0 Å². The molecule has 1 rings (SSSR count). The van der Waals surface area contributed by atoms with E-state index in [2.05, 4.69) is 50.9 Å². The number of unbranched alkanes of at least 4 members (excludes halogenated alkanes) is 2. The third kappa shape index (κ3) is 4.79. The molecule has 0 aliphatic carbocycles. The van der Waals surface area contributed by atoms with Crippen LogP contribution in [0.5, 0.6) is 0 Å². The van der Waals surface area contributed by atoms with Gasteiger partial charge in [-0.15, -0.1) is 0 Å². The number of likely N-dealkylation sites (N-methyl/N-ethyl adjacent to an activating group) is 1. The van der Waals surface area contributed by atoms with Gasteiger partial charge in [0.1, 0.15) is 0 Å². The molecule has 0 bridgehead atoms. The van der Waals surface area contributed by atoms with Crippen LogP contribution >= 0.6 is 0 Å². The molecule has 2 nitrogen and oxygen atoms in total. The highest BCUT2D eigenvalue weighted by Gasteiger charge is 2.11. The summed E-state index contributed by atoms with van der Waals surface area (Å²) >= 11 is 0. The molecular weight excluding hydrogens is 220 g/mol. The van der Waals surface area contributed by atoms with Crippen molar-refractivity contribution in [2.24, 2.45) is 5.73 Å². The van der Waals surface area contributed by atoms with Gasteiger partial charge in [-0.05, 0) is 45.0 Å². The van der Waals surface area contributed by atoms with Crippen LogP contribution < -0.4 is 5.73 Å². The highest BCUT2D eigenvalue weighted by Crippen LogP contribution is 2.18. The molecule has 2 N–H and O–H groups in total. The maximum absolute atomic E-state index is 6.31. The van der Waals surface area contributed by atoms with Crippen LogP contribution in [0.3, 0.4) is 0 Å². The summed E-state index contributed by atoms with van der Waals surface area (Å²) in [5.41, 5.74) is 10.2. The van der Waals surface area contributed by atoms with Gasteiger partial charge in [0.15, 0.2) is 0 Å². The molecule has 0 fully saturated rings. The van der Waals surface area contributed by atoms with Crippen LogP contribution in [0.4, 0.5) is 0 Å². The summed E-state index contributed by atoms with van der Waals surface area (Å²) < 4.78 is 0. The third-order valence-corrected chi connectivity index (χ3v) is 3.48. The fourth-order valence-corrected chi connectivity index (χ4v) is 2.40. The number of benzene rings is 1. The topological polar surface area (TPSA) is 29.3 Å². The Morgan fingerprint density at radius 1 is 1.22 bits per heavy atom. The van der Waals surface area contributed by atoms with Crippen molar-refractivity contribution in [1.82, 2.24) is 4.90 Å². The van der Waals surface area contributed by atoms with E-state index < -0.39 is 0 Å². The molecule has 0 aliphatic rings. The van der Waals surface area contributed by atoms with E-state index in [1.165, 1.54) is 36.0 Å². The monoisotopic (exact) mass is 248 g/mol. The van der Waals surface area contributed by atoms with E-state index in [0.717, 1.165) is 13.1 Å². The second kappa shape index (κ2) is 7.55. The SMILES string of the molecule is CCCCCN(C)CC(N)c1ccc(C)cc1C. The van der Waals surface area contributed by atoms with E-state index in [1.54, 1.807) is 0 Å². The maximum Gasteiger partial charge on any atom is 0.0426 e. The standard InChI is InChI=1S/C16H28N2/c1-5-6-7-10-18(4)12-16(17)15-9-8-13(2)11-14(15)3/h8-9,11,16H,5-7,10,12,17H2,1-4H3. The van der Waals surface area contributed by atoms with E-state index >= 15 is 0 Å². The van der Waals surface area contributed by atoms with E-state index in [-0.39, 0.29) is 6.04 Å². The Bertz CT molecular complexity index is 360. The summed E-state index contributed by atoms with van der Waals surface area (Å²) in [6, 6.07) is 6.66. The molecule has 1 atom stereocenters. The normalized spacial score (nSPS) is 13.0. The van der Waals surface area contributed by atoms with E-state index in [4.69, 9.17) is 5.73 Å². The number of nitrogens with two attached hydrogens (primary N) is 1. The smallest absolute Gasteiger partial charge is 0.0426 e. The van der Waals surface area contributed by atoms with Crippen molar-refractivity contribution in [2.75, 3.05) is 20.1 Å². The zero-order valence-corrected chi connectivity index (χ0v) is 12.4. The molecule has 1 unspecified atom stereocenters. The van der Waals surface area contributed by atoms with Crippen molar-refractivity contribution >= 4 is 0 Å². The fourth-order valence-electron chi connectivity index (χ4n) is 2.40. The molecular formula is C16H28N2. The molecule has 0 saturated heterocycles. The van der Waals surface area contributed by atoms with Crippen molar-refractivity contribution in [3.05, 3.63) is 34.9 Å². The highest BCUT2D eigenvalue weighted by molar-refractivity contribution is 5.32. The largest absolute Gasteiger partial charge is 0.323 e. The number of nitrogens with zero attached hydrogens (tertiary/aromatic N) is 1. The number of aryl methyl sites for hydroxylation is 2. The Morgan fingerprint density at radius 3 is 2.56 bits per heavy atom. The van der Waals surface area contributed by atoms with Gasteiger partial charge in [0.05, 0.1) is 0 Å². The molecule has 0 amide bonds. The molecule has 1 aromatic rings. The minimum atomic E-state index is 0.122. The van der Waals surface area contributed by atoms with Crippen LogP contribution in [0.1, 0.15) is 48.9 Å². The molecule has 0 radical (unpaired) electrons. The molecule has 102 valence electrons. The fraction of sp³-hybridized carbons (Fsp3) is 0.625. The molecule has 0 aromatic heterocycles. The van der Waals surface area contributed by atoms with Gasteiger partial charge in [-0.1, -0.05) is 43.5 Å². The molecule has 0 aliphatic heterocycles. The van der Waals surface area contributed by atoms with Crippen molar-refractivity contribution in [3.8, 4) is 0 Å². The second-order valence-electron chi connectivity index (χ2n) is 5.44. The highest BCUT2D eigenvalue weighted by atomic mass is 15.1. The summed E-state index contributed by atoms with van der Waals surface area (Å²) in [6.45, 7) is 8.60. The van der Waals surface area contributed by atoms with Gasteiger partial charge < -0.3 is 10.6 Å². The lowest BCUT2D eigenvalue weighted by molar-refractivity contribution is 0.305. The van der Waals surface area contributed by atoms with Gasteiger partial charge in [-0.2, -0.15) is 0 Å². The lowest BCUT2D eigenvalue weighted by Gasteiger charge is -2.22. The Morgan fingerprint density at radius 2 is 1.94 bits per heavy atom. The van der Waals surface area contributed by atoms with Gasteiger partial charge in [-0.25, -0.2) is 0 Å². The first-order valence-electron chi connectivity index (χ1n) is 7.06. The molecule has 2 heteroatoms. The van der Waals surface area contributed by atoms with Crippen LogP contribution in [0.25, 0.3) is 0 Å². The van der Waals surface area contributed by atoms with Gasteiger partial charge in [0.25, 0.3) is 0 Å². The Kier molecular flexibility index (Phi) is 6.37. The van der Waals surface area contributed by atoms with Crippen LogP contribution in [-0.4, -0.2) is 25.0 Å². The zero-order valence-electron chi connectivity index (χ0n) is 12.4. The van der Waals surface area contributed by atoms with Crippen LogP contribution in [0.2, 0.25) is 0 Å². The Hall–Kier alpha value is -0.860. The molecule has 1 aromatic carbocycles.